The number of nitrogens with one attached hydrogen (secondary N) is 1. The van der Waals surface area contributed by atoms with Gasteiger partial charge in [-0.3, -0.25) is 10.1 Å². The second-order valence-corrected chi connectivity index (χ2v) is 5.62. The smallest absolute Gasteiger partial charge is 0.311 e. The number of rotatable bonds is 9. The zero-order valence-corrected chi connectivity index (χ0v) is 12.3. The number of benzene rings is 1. The number of nitrogens with zero attached hydrogens (tertiary/aromatic N) is 1. The molecule has 0 bridgehead atoms. The molecule has 1 aromatic carbocycles. The van der Waals surface area contributed by atoms with Crippen molar-refractivity contribution in [1.29, 1.82) is 0 Å². The SMILES string of the molecule is CCCOc1cc(NCC2(CCO)CC2)ccc1[N+](=O)[O-]. The number of aliphatic hydroxyl groups excluding tert-OH is 1. The van der Waals surface area contributed by atoms with Crippen LogP contribution in [0.25, 0.3) is 0 Å². The summed E-state index contributed by atoms with van der Waals surface area (Å²) in [5.74, 6) is 0.304. The van der Waals surface area contributed by atoms with E-state index in [-0.39, 0.29) is 17.7 Å². The molecule has 0 saturated heterocycles. The third-order valence-corrected chi connectivity index (χ3v) is 3.88. The molecule has 0 radical (unpaired) electrons. The summed E-state index contributed by atoms with van der Waals surface area (Å²) in [5, 5.41) is 23.3. The molecule has 0 amide bonds. The van der Waals surface area contributed by atoms with Crippen LogP contribution >= 0.6 is 0 Å². The lowest BCUT2D eigenvalue weighted by Crippen LogP contribution is -2.16. The molecule has 1 aliphatic rings. The van der Waals surface area contributed by atoms with Gasteiger partial charge < -0.3 is 15.2 Å². The Morgan fingerprint density at radius 3 is 2.81 bits per heavy atom. The minimum atomic E-state index is -0.428. The van der Waals surface area contributed by atoms with Gasteiger partial charge in [-0.2, -0.15) is 0 Å². The lowest BCUT2D eigenvalue weighted by molar-refractivity contribution is -0.385. The zero-order valence-electron chi connectivity index (χ0n) is 12.3. The third-order valence-electron chi connectivity index (χ3n) is 3.88. The molecular weight excluding hydrogens is 272 g/mol. The fraction of sp³-hybridized carbons (Fsp3) is 0.600. The van der Waals surface area contributed by atoms with Crippen molar-refractivity contribution < 1.29 is 14.8 Å². The molecule has 2 rings (SSSR count). The van der Waals surface area contributed by atoms with Crippen LogP contribution in [0.4, 0.5) is 11.4 Å². The van der Waals surface area contributed by atoms with Gasteiger partial charge in [0.25, 0.3) is 0 Å². The molecule has 21 heavy (non-hydrogen) atoms. The van der Waals surface area contributed by atoms with Crippen LogP contribution in [0.1, 0.15) is 32.6 Å². The molecule has 0 spiro atoms. The molecule has 6 nitrogen and oxygen atoms in total. The van der Waals surface area contributed by atoms with Gasteiger partial charge in [0.05, 0.1) is 11.5 Å². The highest BCUT2D eigenvalue weighted by Gasteiger charge is 2.41. The molecule has 1 aliphatic carbocycles. The van der Waals surface area contributed by atoms with E-state index in [1.807, 2.05) is 6.92 Å². The molecule has 0 unspecified atom stereocenters. The first-order valence-electron chi connectivity index (χ1n) is 7.36. The first kappa shape index (κ1) is 15.6. The summed E-state index contributed by atoms with van der Waals surface area (Å²) in [6, 6.07) is 4.85. The average molecular weight is 294 g/mol. The van der Waals surface area contributed by atoms with Crippen molar-refractivity contribution in [3.8, 4) is 5.75 Å². The molecule has 1 fully saturated rings. The first-order valence-corrected chi connectivity index (χ1v) is 7.36. The summed E-state index contributed by atoms with van der Waals surface area (Å²) in [7, 11) is 0. The van der Waals surface area contributed by atoms with E-state index in [1.165, 1.54) is 6.07 Å². The largest absolute Gasteiger partial charge is 0.487 e. The molecule has 0 atom stereocenters. The van der Waals surface area contributed by atoms with E-state index < -0.39 is 4.92 Å². The van der Waals surface area contributed by atoms with Crippen LogP contribution in [0.2, 0.25) is 0 Å². The summed E-state index contributed by atoms with van der Waals surface area (Å²) in [4.78, 5) is 10.6. The Balaban J connectivity index is 2.04. The lowest BCUT2D eigenvalue weighted by Gasteiger charge is -2.16. The van der Waals surface area contributed by atoms with Gasteiger partial charge in [-0.1, -0.05) is 6.92 Å². The highest BCUT2D eigenvalue weighted by Crippen LogP contribution is 2.48. The van der Waals surface area contributed by atoms with E-state index in [1.54, 1.807) is 12.1 Å². The van der Waals surface area contributed by atoms with Crippen molar-refractivity contribution in [3.63, 3.8) is 0 Å². The summed E-state index contributed by atoms with van der Waals surface area (Å²) in [6.07, 6.45) is 3.83. The number of hydrogen-bond acceptors (Lipinski definition) is 5. The highest BCUT2D eigenvalue weighted by molar-refractivity contribution is 5.58. The van der Waals surface area contributed by atoms with Crippen LogP contribution in [0.5, 0.6) is 5.75 Å². The van der Waals surface area contributed by atoms with Crippen molar-refractivity contribution in [2.75, 3.05) is 25.1 Å². The van der Waals surface area contributed by atoms with E-state index in [2.05, 4.69) is 5.32 Å². The van der Waals surface area contributed by atoms with Gasteiger partial charge in [0, 0.05) is 31.0 Å². The molecule has 116 valence electrons. The van der Waals surface area contributed by atoms with Gasteiger partial charge in [0.2, 0.25) is 0 Å². The number of anilines is 1. The van der Waals surface area contributed by atoms with Crippen molar-refractivity contribution in [2.45, 2.75) is 32.6 Å². The maximum Gasteiger partial charge on any atom is 0.311 e. The van der Waals surface area contributed by atoms with Crippen molar-refractivity contribution >= 4 is 11.4 Å². The molecule has 0 aliphatic heterocycles. The molecular formula is C15H22N2O4. The van der Waals surface area contributed by atoms with E-state index in [0.717, 1.165) is 37.9 Å². The standard InChI is InChI=1S/C15H22N2O4/c1-2-9-21-14-10-12(3-4-13(14)17(19)20)16-11-15(5-6-15)7-8-18/h3-4,10,16,18H,2,5-9,11H2,1H3. The Morgan fingerprint density at radius 2 is 2.24 bits per heavy atom. The molecule has 1 saturated carbocycles. The van der Waals surface area contributed by atoms with Crippen LogP contribution in [0, 0.1) is 15.5 Å². The van der Waals surface area contributed by atoms with E-state index >= 15 is 0 Å². The molecule has 2 N–H and O–H groups in total. The third kappa shape index (κ3) is 4.07. The normalized spacial score (nSPS) is 15.5. The van der Waals surface area contributed by atoms with Crippen molar-refractivity contribution in [3.05, 3.63) is 28.3 Å². The van der Waals surface area contributed by atoms with Crippen LogP contribution < -0.4 is 10.1 Å². The molecule has 6 heteroatoms. The minimum absolute atomic E-state index is 0.00880. The quantitative estimate of drug-likeness (QED) is 0.540. The topological polar surface area (TPSA) is 84.6 Å². The fourth-order valence-corrected chi connectivity index (χ4v) is 2.32. The number of nitro groups is 1. The summed E-state index contributed by atoms with van der Waals surface area (Å²) in [6.45, 7) is 3.39. The van der Waals surface area contributed by atoms with E-state index in [4.69, 9.17) is 9.84 Å². The Labute approximate surface area is 124 Å². The first-order chi connectivity index (χ1) is 10.1. The summed E-state index contributed by atoms with van der Waals surface area (Å²) < 4.78 is 5.46. The Hall–Kier alpha value is -1.82. The van der Waals surface area contributed by atoms with Gasteiger partial charge in [0.15, 0.2) is 5.75 Å². The summed E-state index contributed by atoms with van der Waals surface area (Å²) >= 11 is 0. The minimum Gasteiger partial charge on any atom is -0.487 e. The lowest BCUT2D eigenvalue weighted by atomic mass is 10.0. The summed E-state index contributed by atoms with van der Waals surface area (Å²) in [5.41, 5.74) is 1.00. The second-order valence-electron chi connectivity index (χ2n) is 5.62. The van der Waals surface area contributed by atoms with Crippen molar-refractivity contribution in [1.82, 2.24) is 0 Å². The number of hydrogen-bond donors (Lipinski definition) is 2. The van der Waals surface area contributed by atoms with Gasteiger partial charge in [-0.15, -0.1) is 0 Å². The van der Waals surface area contributed by atoms with Crippen LogP contribution in [-0.2, 0) is 0 Å². The van der Waals surface area contributed by atoms with Gasteiger partial charge in [0.1, 0.15) is 0 Å². The average Bonchev–Trinajstić information content (AvgIpc) is 3.23. The second kappa shape index (κ2) is 6.76. The fourth-order valence-electron chi connectivity index (χ4n) is 2.32. The monoisotopic (exact) mass is 294 g/mol. The van der Waals surface area contributed by atoms with Crippen LogP contribution in [0.15, 0.2) is 18.2 Å². The molecule has 0 aromatic heterocycles. The number of aliphatic hydroxyl groups is 1. The highest BCUT2D eigenvalue weighted by atomic mass is 16.6. The molecule has 0 heterocycles. The van der Waals surface area contributed by atoms with Gasteiger partial charge >= 0.3 is 5.69 Å². The van der Waals surface area contributed by atoms with Crippen LogP contribution in [-0.4, -0.2) is 29.8 Å². The van der Waals surface area contributed by atoms with Gasteiger partial charge in [-0.25, -0.2) is 0 Å². The maximum atomic E-state index is 11.0. The Morgan fingerprint density at radius 1 is 1.48 bits per heavy atom. The zero-order chi connectivity index (χ0) is 15.3. The van der Waals surface area contributed by atoms with Crippen LogP contribution in [0.3, 0.4) is 0 Å². The predicted octanol–water partition coefficient (Wildman–Crippen LogP) is 2.96. The number of ether oxygens (including phenoxy) is 1. The van der Waals surface area contributed by atoms with Crippen molar-refractivity contribution in [2.24, 2.45) is 5.41 Å². The Bertz CT molecular complexity index is 500. The Kier molecular flexibility index (Phi) is 5.01. The molecule has 1 aromatic rings. The predicted molar refractivity (Wildman–Crippen MR) is 80.7 cm³/mol. The van der Waals surface area contributed by atoms with E-state index in [0.29, 0.717) is 12.4 Å². The maximum absolute atomic E-state index is 11.0. The number of nitro benzene ring substituents is 1. The van der Waals surface area contributed by atoms with E-state index in [9.17, 15) is 10.1 Å². The van der Waals surface area contributed by atoms with Gasteiger partial charge in [-0.05, 0) is 37.2 Å².